The third kappa shape index (κ3) is 2.82. The Morgan fingerprint density at radius 2 is 1.62 bits per heavy atom. The van der Waals surface area contributed by atoms with Crippen molar-refractivity contribution in [3.8, 4) is 0 Å². The number of fused-ring (bicyclic) bond motifs is 1. The zero-order valence-electron chi connectivity index (χ0n) is 13.6. The average Bonchev–Trinajstić information content (AvgIpc) is 3.02. The second-order valence-electron chi connectivity index (χ2n) is 6.48. The fourth-order valence-corrected chi connectivity index (χ4v) is 3.53. The Morgan fingerprint density at radius 1 is 0.917 bits per heavy atom. The molecule has 4 rings (SSSR count). The van der Waals surface area contributed by atoms with Crippen LogP contribution in [0.5, 0.6) is 0 Å². The number of benzene rings is 2. The van der Waals surface area contributed by atoms with E-state index in [0.29, 0.717) is 0 Å². The standard InChI is InChI=1S/C21H20N2O/c24-21(16-11-5-2-6-12-16)23-20-17-13-7-8-14-18(17)22-19(20)15-9-3-1-4-10-15/h1,3-4,7-10,13-14,16H,2,5-6,11-12H2. The fourth-order valence-electron chi connectivity index (χ4n) is 3.53. The Bertz CT molecular complexity index is 815. The number of amides is 1. The minimum absolute atomic E-state index is 0.0186. The lowest BCUT2D eigenvalue weighted by Gasteiger charge is -2.18. The largest absolute Gasteiger partial charge is 0.272 e. The van der Waals surface area contributed by atoms with E-state index in [9.17, 15) is 4.79 Å². The summed E-state index contributed by atoms with van der Waals surface area (Å²) in [6, 6.07) is 17.9. The van der Waals surface area contributed by atoms with Crippen molar-refractivity contribution >= 4 is 23.0 Å². The number of hydrogen-bond donors (Lipinski definition) is 0. The Kier molecular flexibility index (Phi) is 4.08. The Labute approximate surface area is 142 Å². The van der Waals surface area contributed by atoms with Crippen LogP contribution in [0.15, 0.2) is 64.6 Å². The molecule has 3 nitrogen and oxygen atoms in total. The van der Waals surface area contributed by atoms with Crippen LogP contribution in [-0.2, 0) is 4.79 Å². The van der Waals surface area contributed by atoms with E-state index in [4.69, 9.17) is 4.99 Å². The average molecular weight is 316 g/mol. The van der Waals surface area contributed by atoms with Gasteiger partial charge in [0.1, 0.15) is 5.71 Å². The predicted molar refractivity (Wildman–Crippen MR) is 97.2 cm³/mol. The maximum absolute atomic E-state index is 12.7. The van der Waals surface area contributed by atoms with Gasteiger partial charge in [0, 0.05) is 17.0 Å². The molecule has 0 aromatic heterocycles. The van der Waals surface area contributed by atoms with Crippen LogP contribution in [0.4, 0.5) is 5.69 Å². The van der Waals surface area contributed by atoms with E-state index in [1.807, 2.05) is 54.6 Å². The molecule has 1 aliphatic carbocycles. The maximum atomic E-state index is 12.7. The Morgan fingerprint density at radius 3 is 2.42 bits per heavy atom. The monoisotopic (exact) mass is 316 g/mol. The van der Waals surface area contributed by atoms with Gasteiger partial charge in [0.25, 0.3) is 0 Å². The molecule has 1 fully saturated rings. The van der Waals surface area contributed by atoms with Gasteiger partial charge in [-0.1, -0.05) is 67.8 Å². The van der Waals surface area contributed by atoms with Gasteiger partial charge < -0.3 is 0 Å². The van der Waals surface area contributed by atoms with Crippen molar-refractivity contribution in [3.05, 3.63) is 65.7 Å². The van der Waals surface area contributed by atoms with Crippen LogP contribution >= 0.6 is 0 Å². The molecule has 1 heterocycles. The fraction of sp³-hybridized carbons (Fsp3) is 0.286. The topological polar surface area (TPSA) is 41.8 Å². The number of carbonyl (C=O) groups is 1. The van der Waals surface area contributed by atoms with E-state index in [1.165, 1.54) is 6.42 Å². The number of rotatable bonds is 2. The quantitative estimate of drug-likeness (QED) is 0.790. The number of carbonyl (C=O) groups excluding carboxylic acids is 1. The van der Waals surface area contributed by atoms with Gasteiger partial charge in [-0.25, -0.2) is 9.98 Å². The summed E-state index contributed by atoms with van der Waals surface area (Å²) in [5.41, 5.74) is 4.39. The molecule has 24 heavy (non-hydrogen) atoms. The lowest BCUT2D eigenvalue weighted by Crippen LogP contribution is -2.20. The second-order valence-corrected chi connectivity index (χ2v) is 6.48. The molecule has 0 N–H and O–H groups in total. The number of aliphatic imine (C=N–C) groups is 2. The summed E-state index contributed by atoms with van der Waals surface area (Å²) in [6.07, 6.45) is 5.44. The van der Waals surface area contributed by atoms with Crippen LogP contribution in [0, 0.1) is 5.92 Å². The van der Waals surface area contributed by atoms with Crippen molar-refractivity contribution in [2.75, 3.05) is 0 Å². The zero-order chi connectivity index (χ0) is 16.4. The van der Waals surface area contributed by atoms with Gasteiger partial charge in [-0.2, -0.15) is 0 Å². The molecule has 1 amide bonds. The summed E-state index contributed by atoms with van der Waals surface area (Å²) < 4.78 is 0. The van der Waals surface area contributed by atoms with E-state index >= 15 is 0 Å². The van der Waals surface area contributed by atoms with Crippen LogP contribution in [-0.4, -0.2) is 17.3 Å². The molecule has 0 atom stereocenters. The summed E-state index contributed by atoms with van der Waals surface area (Å²) in [6.45, 7) is 0. The van der Waals surface area contributed by atoms with Crippen LogP contribution in [0.25, 0.3) is 0 Å². The van der Waals surface area contributed by atoms with E-state index in [1.54, 1.807) is 0 Å². The molecule has 0 radical (unpaired) electrons. The van der Waals surface area contributed by atoms with Gasteiger partial charge in [-0.15, -0.1) is 0 Å². The van der Waals surface area contributed by atoms with Crippen molar-refractivity contribution in [2.24, 2.45) is 15.9 Å². The molecule has 3 heteroatoms. The molecular weight excluding hydrogens is 296 g/mol. The highest BCUT2D eigenvalue weighted by atomic mass is 16.1. The zero-order valence-corrected chi connectivity index (χ0v) is 13.6. The molecule has 0 saturated heterocycles. The van der Waals surface area contributed by atoms with Crippen molar-refractivity contribution in [1.82, 2.24) is 0 Å². The van der Waals surface area contributed by atoms with Crippen LogP contribution in [0.2, 0.25) is 0 Å². The van der Waals surface area contributed by atoms with E-state index in [0.717, 1.165) is 53.9 Å². The molecule has 0 spiro atoms. The highest BCUT2D eigenvalue weighted by Gasteiger charge is 2.27. The highest BCUT2D eigenvalue weighted by Crippen LogP contribution is 2.30. The van der Waals surface area contributed by atoms with Gasteiger partial charge >= 0.3 is 0 Å². The van der Waals surface area contributed by atoms with Crippen molar-refractivity contribution < 1.29 is 4.79 Å². The highest BCUT2D eigenvalue weighted by molar-refractivity contribution is 6.57. The molecule has 0 unspecified atom stereocenters. The van der Waals surface area contributed by atoms with Crippen molar-refractivity contribution in [3.63, 3.8) is 0 Å². The number of hydrogen-bond acceptors (Lipinski definition) is 2. The smallest absolute Gasteiger partial charge is 0.249 e. The molecular formula is C21H20N2O. The second kappa shape index (κ2) is 6.52. The van der Waals surface area contributed by atoms with Crippen molar-refractivity contribution in [1.29, 1.82) is 0 Å². The van der Waals surface area contributed by atoms with Crippen LogP contribution in [0.3, 0.4) is 0 Å². The summed E-state index contributed by atoms with van der Waals surface area (Å²) in [7, 11) is 0. The molecule has 2 aromatic rings. The lowest BCUT2D eigenvalue weighted by molar-refractivity contribution is -0.122. The van der Waals surface area contributed by atoms with Gasteiger partial charge in [-0.05, 0) is 18.9 Å². The Hall–Kier alpha value is -2.55. The van der Waals surface area contributed by atoms with Gasteiger partial charge in [0.2, 0.25) is 5.91 Å². The Balaban J connectivity index is 1.74. The summed E-state index contributed by atoms with van der Waals surface area (Å²) in [5, 5.41) is 0. The first kappa shape index (κ1) is 15.0. The summed E-state index contributed by atoms with van der Waals surface area (Å²) >= 11 is 0. The third-order valence-electron chi connectivity index (χ3n) is 4.84. The minimum Gasteiger partial charge on any atom is -0.272 e. The molecule has 120 valence electrons. The molecule has 0 bridgehead atoms. The first-order chi connectivity index (χ1) is 11.8. The molecule has 1 saturated carbocycles. The van der Waals surface area contributed by atoms with Crippen LogP contribution < -0.4 is 0 Å². The van der Waals surface area contributed by atoms with E-state index < -0.39 is 0 Å². The molecule has 2 aromatic carbocycles. The van der Waals surface area contributed by atoms with Crippen LogP contribution in [0.1, 0.15) is 43.2 Å². The van der Waals surface area contributed by atoms with Gasteiger partial charge in [-0.3, -0.25) is 4.79 Å². The first-order valence-corrected chi connectivity index (χ1v) is 8.69. The van der Waals surface area contributed by atoms with E-state index in [2.05, 4.69) is 4.99 Å². The molecule has 2 aliphatic rings. The predicted octanol–water partition coefficient (Wildman–Crippen LogP) is 4.72. The summed E-state index contributed by atoms with van der Waals surface area (Å²) in [5.74, 6) is 0.0982. The van der Waals surface area contributed by atoms with Crippen molar-refractivity contribution in [2.45, 2.75) is 32.1 Å². The maximum Gasteiger partial charge on any atom is 0.249 e. The SMILES string of the molecule is O=C(N=C1C(c2ccccc2)=Nc2ccccc21)C1CCCCC1. The van der Waals surface area contributed by atoms with Gasteiger partial charge in [0.05, 0.1) is 11.4 Å². The lowest BCUT2D eigenvalue weighted by atomic mass is 9.88. The first-order valence-electron chi connectivity index (χ1n) is 8.69. The van der Waals surface area contributed by atoms with E-state index in [-0.39, 0.29) is 11.8 Å². The third-order valence-corrected chi connectivity index (χ3v) is 4.84. The summed E-state index contributed by atoms with van der Waals surface area (Å²) in [4.78, 5) is 22.0. The minimum atomic E-state index is 0.0186. The van der Waals surface area contributed by atoms with Gasteiger partial charge in [0.15, 0.2) is 0 Å². The normalized spacial score (nSPS) is 19.2. The number of para-hydroxylation sites is 1. The number of nitrogens with zero attached hydrogens (tertiary/aromatic N) is 2. The molecule has 1 aliphatic heterocycles.